The van der Waals surface area contributed by atoms with E-state index in [1.165, 1.54) is 0 Å². The molecule has 1 saturated heterocycles. The van der Waals surface area contributed by atoms with Crippen molar-refractivity contribution in [2.75, 3.05) is 24.7 Å². The van der Waals surface area contributed by atoms with Crippen molar-refractivity contribution in [3.8, 4) is 0 Å². The first kappa shape index (κ1) is 13.9. The summed E-state index contributed by atoms with van der Waals surface area (Å²) >= 11 is 6.30. The SMILES string of the molecule is CCCCCN1C(=O)C2(OCCO2)c2cccc(Cl)c21. The van der Waals surface area contributed by atoms with Gasteiger partial charge in [-0.3, -0.25) is 4.79 Å². The van der Waals surface area contributed by atoms with Crippen LogP contribution in [-0.4, -0.2) is 25.7 Å². The fraction of sp³-hybridized carbons (Fsp3) is 0.533. The lowest BCUT2D eigenvalue weighted by atomic mass is 10.1. The fourth-order valence-electron chi connectivity index (χ4n) is 2.87. The normalized spacial score (nSPS) is 19.9. The number of amides is 1. The van der Waals surface area contributed by atoms with Gasteiger partial charge in [-0.25, -0.2) is 0 Å². The molecule has 2 aliphatic heterocycles. The van der Waals surface area contributed by atoms with Gasteiger partial charge >= 0.3 is 0 Å². The van der Waals surface area contributed by atoms with Crippen molar-refractivity contribution in [1.82, 2.24) is 0 Å². The number of benzene rings is 1. The first-order chi connectivity index (χ1) is 9.70. The number of hydrogen-bond acceptors (Lipinski definition) is 3. The predicted molar refractivity (Wildman–Crippen MR) is 76.9 cm³/mol. The largest absolute Gasteiger partial charge is 0.336 e. The van der Waals surface area contributed by atoms with E-state index in [9.17, 15) is 4.79 Å². The fourth-order valence-corrected chi connectivity index (χ4v) is 3.15. The molecule has 0 radical (unpaired) electrons. The van der Waals surface area contributed by atoms with Crippen molar-refractivity contribution < 1.29 is 14.3 Å². The maximum Gasteiger partial charge on any atom is 0.292 e. The first-order valence-corrected chi connectivity index (χ1v) is 7.47. The highest BCUT2D eigenvalue weighted by Crippen LogP contribution is 2.48. The molecule has 0 saturated carbocycles. The number of halogens is 1. The Hall–Kier alpha value is -1.10. The number of nitrogens with zero attached hydrogens (tertiary/aromatic N) is 1. The third kappa shape index (κ3) is 1.94. The van der Waals surface area contributed by atoms with Crippen LogP contribution < -0.4 is 4.90 Å². The Morgan fingerprint density at radius 1 is 1.30 bits per heavy atom. The zero-order valence-corrected chi connectivity index (χ0v) is 12.3. The Morgan fingerprint density at radius 2 is 2.05 bits per heavy atom. The van der Waals surface area contributed by atoms with Crippen molar-refractivity contribution in [3.05, 3.63) is 28.8 Å². The summed E-state index contributed by atoms with van der Waals surface area (Å²) in [7, 11) is 0. The molecule has 0 N–H and O–H groups in total. The maximum absolute atomic E-state index is 12.8. The lowest BCUT2D eigenvalue weighted by Crippen LogP contribution is -2.41. The van der Waals surface area contributed by atoms with Crippen molar-refractivity contribution in [2.45, 2.75) is 32.0 Å². The number of carbonyl (C=O) groups excluding carboxylic acids is 1. The van der Waals surface area contributed by atoms with Crippen LogP contribution in [0.5, 0.6) is 0 Å². The van der Waals surface area contributed by atoms with Gasteiger partial charge in [-0.2, -0.15) is 0 Å². The zero-order valence-electron chi connectivity index (χ0n) is 11.5. The molecule has 2 aliphatic rings. The quantitative estimate of drug-likeness (QED) is 0.801. The Kier molecular flexibility index (Phi) is 3.71. The van der Waals surface area contributed by atoms with E-state index >= 15 is 0 Å². The summed E-state index contributed by atoms with van der Waals surface area (Å²) in [5, 5.41) is 0.573. The smallest absolute Gasteiger partial charge is 0.292 e. The van der Waals surface area contributed by atoms with Gasteiger partial charge < -0.3 is 14.4 Å². The Bertz CT molecular complexity index is 526. The van der Waals surface area contributed by atoms with Crippen LogP contribution in [0.2, 0.25) is 5.02 Å². The molecule has 20 heavy (non-hydrogen) atoms. The van der Waals surface area contributed by atoms with Gasteiger partial charge in [0.2, 0.25) is 0 Å². The lowest BCUT2D eigenvalue weighted by Gasteiger charge is -2.22. The third-order valence-corrected chi connectivity index (χ3v) is 4.12. The molecule has 0 aliphatic carbocycles. The van der Waals surface area contributed by atoms with Crippen LogP contribution in [0, 0.1) is 0 Å². The second-order valence-corrected chi connectivity index (χ2v) is 5.52. The van der Waals surface area contributed by atoms with Crippen molar-refractivity contribution >= 4 is 23.2 Å². The summed E-state index contributed by atoms with van der Waals surface area (Å²) < 4.78 is 11.3. The standard InChI is InChI=1S/C15H18ClNO3/c1-2-3-4-8-17-13-11(6-5-7-12(13)16)15(14(17)18)19-9-10-20-15/h5-7H,2-4,8-10H2,1H3. The molecular formula is C15H18ClNO3. The summed E-state index contributed by atoms with van der Waals surface area (Å²) in [6.07, 6.45) is 3.14. The highest BCUT2D eigenvalue weighted by Gasteiger charge is 2.56. The Balaban J connectivity index is 2.00. The number of fused-ring (bicyclic) bond motifs is 2. The average Bonchev–Trinajstić information content (AvgIpc) is 3.01. The molecule has 1 amide bonds. The number of para-hydroxylation sites is 1. The van der Waals surface area contributed by atoms with Gasteiger partial charge in [-0.15, -0.1) is 0 Å². The minimum atomic E-state index is -1.26. The van der Waals surface area contributed by atoms with Crippen LogP contribution in [0.4, 0.5) is 5.69 Å². The van der Waals surface area contributed by atoms with Crippen LogP contribution in [0.1, 0.15) is 31.7 Å². The van der Waals surface area contributed by atoms with E-state index in [0.717, 1.165) is 30.5 Å². The third-order valence-electron chi connectivity index (χ3n) is 3.82. The Morgan fingerprint density at radius 3 is 2.75 bits per heavy atom. The molecule has 0 atom stereocenters. The van der Waals surface area contributed by atoms with E-state index in [4.69, 9.17) is 21.1 Å². The lowest BCUT2D eigenvalue weighted by molar-refractivity contribution is -0.180. The number of carbonyl (C=O) groups is 1. The minimum absolute atomic E-state index is 0.144. The second kappa shape index (κ2) is 5.35. The van der Waals surface area contributed by atoms with Crippen LogP contribution in [0.25, 0.3) is 0 Å². The van der Waals surface area contributed by atoms with Gasteiger partial charge in [0.1, 0.15) is 0 Å². The summed E-state index contributed by atoms with van der Waals surface area (Å²) in [5.41, 5.74) is 1.49. The molecule has 0 bridgehead atoms. The first-order valence-electron chi connectivity index (χ1n) is 7.09. The number of ether oxygens (including phenoxy) is 2. The molecule has 0 aromatic heterocycles. The molecule has 4 nitrogen and oxygen atoms in total. The summed E-state index contributed by atoms with van der Waals surface area (Å²) in [5.74, 6) is -1.40. The molecule has 1 aromatic carbocycles. The van der Waals surface area contributed by atoms with Crippen molar-refractivity contribution in [3.63, 3.8) is 0 Å². The molecule has 108 valence electrons. The highest BCUT2D eigenvalue weighted by molar-refractivity contribution is 6.35. The van der Waals surface area contributed by atoms with Crippen LogP contribution in [-0.2, 0) is 20.1 Å². The average molecular weight is 296 g/mol. The summed E-state index contributed by atoms with van der Waals surface area (Å²) in [6, 6.07) is 5.50. The van der Waals surface area contributed by atoms with E-state index in [1.807, 2.05) is 12.1 Å². The van der Waals surface area contributed by atoms with E-state index in [-0.39, 0.29) is 5.91 Å². The molecule has 3 rings (SSSR count). The summed E-state index contributed by atoms with van der Waals surface area (Å²) in [6.45, 7) is 3.65. The van der Waals surface area contributed by atoms with Crippen molar-refractivity contribution in [2.24, 2.45) is 0 Å². The van der Waals surface area contributed by atoms with Gasteiger partial charge in [0.05, 0.1) is 23.9 Å². The Labute approximate surface area is 123 Å². The minimum Gasteiger partial charge on any atom is -0.336 e. The molecule has 2 heterocycles. The van der Waals surface area contributed by atoms with E-state index in [0.29, 0.717) is 24.8 Å². The van der Waals surface area contributed by atoms with Gasteiger partial charge in [-0.05, 0) is 12.5 Å². The molecular weight excluding hydrogens is 278 g/mol. The number of rotatable bonds is 4. The van der Waals surface area contributed by atoms with Crippen LogP contribution in [0.15, 0.2) is 18.2 Å². The number of unbranched alkanes of at least 4 members (excludes halogenated alkanes) is 2. The predicted octanol–water partition coefficient (Wildman–Crippen LogP) is 3.08. The van der Waals surface area contributed by atoms with E-state index in [1.54, 1.807) is 11.0 Å². The molecule has 5 heteroatoms. The maximum atomic E-state index is 12.8. The second-order valence-electron chi connectivity index (χ2n) is 5.11. The van der Waals surface area contributed by atoms with E-state index in [2.05, 4.69) is 6.92 Å². The van der Waals surface area contributed by atoms with Gasteiger partial charge in [0.15, 0.2) is 0 Å². The summed E-state index contributed by atoms with van der Waals surface area (Å²) in [4.78, 5) is 14.5. The molecule has 0 unspecified atom stereocenters. The van der Waals surface area contributed by atoms with Crippen LogP contribution in [0.3, 0.4) is 0 Å². The molecule has 1 aromatic rings. The zero-order chi connectivity index (χ0) is 14.2. The monoisotopic (exact) mass is 295 g/mol. The van der Waals surface area contributed by atoms with Gasteiger partial charge in [-0.1, -0.05) is 43.5 Å². The number of anilines is 1. The molecule has 1 fully saturated rings. The van der Waals surface area contributed by atoms with Gasteiger partial charge in [0, 0.05) is 12.1 Å². The number of hydrogen-bond donors (Lipinski definition) is 0. The molecule has 1 spiro atoms. The van der Waals surface area contributed by atoms with E-state index < -0.39 is 5.79 Å². The highest BCUT2D eigenvalue weighted by atomic mass is 35.5. The topological polar surface area (TPSA) is 38.8 Å². The van der Waals surface area contributed by atoms with Gasteiger partial charge in [0.25, 0.3) is 11.7 Å². The van der Waals surface area contributed by atoms with Crippen molar-refractivity contribution in [1.29, 1.82) is 0 Å². The van der Waals surface area contributed by atoms with Crippen LogP contribution >= 0.6 is 11.6 Å².